The summed E-state index contributed by atoms with van der Waals surface area (Å²) in [6.45, 7) is 0. The Labute approximate surface area is 137 Å². The van der Waals surface area contributed by atoms with E-state index in [9.17, 15) is 8.42 Å². The van der Waals surface area contributed by atoms with Crippen LogP contribution in [0.3, 0.4) is 0 Å². The molecule has 0 radical (unpaired) electrons. The van der Waals surface area contributed by atoms with Crippen LogP contribution >= 0.6 is 23.2 Å². The number of fused-ring (bicyclic) bond motifs is 1. The number of rotatable bonds is 3. The summed E-state index contributed by atoms with van der Waals surface area (Å²) in [6, 6.07) is 12.7. The summed E-state index contributed by atoms with van der Waals surface area (Å²) in [5, 5.41) is 1.12. The lowest BCUT2D eigenvalue weighted by atomic mass is 10.2. The highest BCUT2D eigenvalue weighted by Crippen LogP contribution is 2.30. The smallest absolute Gasteiger partial charge is 0.340 e. The van der Waals surface area contributed by atoms with Crippen molar-refractivity contribution in [3.8, 4) is 5.75 Å². The van der Waals surface area contributed by atoms with Crippen LogP contribution in [0.5, 0.6) is 5.75 Å². The molecule has 112 valence electrons. The molecule has 0 saturated carbocycles. The lowest BCUT2D eigenvalue weighted by molar-refractivity contribution is 0.488. The van der Waals surface area contributed by atoms with E-state index in [1.807, 2.05) is 12.1 Å². The second-order valence-corrected chi connectivity index (χ2v) is 6.80. The first-order chi connectivity index (χ1) is 10.5. The molecule has 0 aliphatic rings. The Morgan fingerprint density at radius 2 is 1.77 bits per heavy atom. The number of para-hydroxylation sites is 1. The number of hydrogen-bond acceptors (Lipinski definition) is 4. The first kappa shape index (κ1) is 15.1. The van der Waals surface area contributed by atoms with Crippen LogP contribution in [0.4, 0.5) is 0 Å². The molecule has 7 heteroatoms. The van der Waals surface area contributed by atoms with Gasteiger partial charge in [-0.25, -0.2) is 0 Å². The van der Waals surface area contributed by atoms with Gasteiger partial charge in [0.15, 0.2) is 5.75 Å². The van der Waals surface area contributed by atoms with Gasteiger partial charge in [0.05, 0.1) is 5.02 Å². The molecule has 2 aromatic carbocycles. The van der Waals surface area contributed by atoms with E-state index in [2.05, 4.69) is 4.98 Å². The van der Waals surface area contributed by atoms with Crippen molar-refractivity contribution < 1.29 is 12.6 Å². The lowest BCUT2D eigenvalue weighted by Gasteiger charge is -2.10. The molecule has 0 spiro atoms. The molecule has 0 fully saturated rings. The van der Waals surface area contributed by atoms with Crippen LogP contribution in [0.2, 0.25) is 10.0 Å². The van der Waals surface area contributed by atoms with Gasteiger partial charge in [-0.3, -0.25) is 4.98 Å². The normalized spacial score (nSPS) is 11.5. The zero-order valence-electron chi connectivity index (χ0n) is 11.0. The van der Waals surface area contributed by atoms with E-state index in [0.29, 0.717) is 10.5 Å². The minimum atomic E-state index is -4.08. The zero-order valence-corrected chi connectivity index (χ0v) is 13.4. The molecule has 4 nitrogen and oxygen atoms in total. The highest BCUT2D eigenvalue weighted by atomic mass is 35.5. The van der Waals surface area contributed by atoms with Crippen LogP contribution < -0.4 is 4.18 Å². The Morgan fingerprint density at radius 3 is 2.55 bits per heavy atom. The third kappa shape index (κ3) is 2.88. The number of pyridine rings is 1. The Bertz CT molecular complexity index is 953. The molecule has 0 unspecified atom stereocenters. The van der Waals surface area contributed by atoms with Crippen molar-refractivity contribution in [2.45, 2.75) is 4.90 Å². The van der Waals surface area contributed by atoms with Crippen molar-refractivity contribution >= 4 is 44.2 Å². The molecule has 0 aliphatic carbocycles. The van der Waals surface area contributed by atoms with Gasteiger partial charge in [-0.15, -0.1) is 0 Å². The van der Waals surface area contributed by atoms with E-state index < -0.39 is 10.1 Å². The van der Waals surface area contributed by atoms with Crippen LogP contribution in [0.1, 0.15) is 0 Å². The topological polar surface area (TPSA) is 56.3 Å². The minimum absolute atomic E-state index is 0.000644. The summed E-state index contributed by atoms with van der Waals surface area (Å²) in [4.78, 5) is 4.01. The van der Waals surface area contributed by atoms with E-state index in [-0.39, 0.29) is 15.7 Å². The van der Waals surface area contributed by atoms with E-state index in [1.165, 1.54) is 24.3 Å². The molecule has 0 amide bonds. The summed E-state index contributed by atoms with van der Waals surface area (Å²) in [5.74, 6) is 0.143. The molecule has 0 bridgehead atoms. The van der Waals surface area contributed by atoms with Gasteiger partial charge in [0.1, 0.15) is 10.4 Å². The highest BCUT2D eigenvalue weighted by molar-refractivity contribution is 7.87. The van der Waals surface area contributed by atoms with Crippen molar-refractivity contribution in [1.82, 2.24) is 4.98 Å². The van der Waals surface area contributed by atoms with Crippen molar-refractivity contribution in [3.05, 3.63) is 64.8 Å². The monoisotopic (exact) mass is 353 g/mol. The Hall–Kier alpha value is -1.82. The number of benzene rings is 2. The number of nitrogens with zero attached hydrogens (tertiary/aromatic N) is 1. The van der Waals surface area contributed by atoms with Gasteiger partial charge in [-0.1, -0.05) is 41.4 Å². The molecule has 0 N–H and O–H groups in total. The van der Waals surface area contributed by atoms with Crippen LogP contribution in [-0.2, 0) is 10.1 Å². The standard InChI is InChI=1S/C15H9Cl2NO3S/c16-11-6-7-14(12(17)9-11)22(19,20)21-13-5-1-3-10-4-2-8-18-15(10)13/h1-9H. The minimum Gasteiger partial charge on any atom is -0.377 e. The summed E-state index contributed by atoms with van der Waals surface area (Å²) in [7, 11) is -4.08. The van der Waals surface area contributed by atoms with Gasteiger partial charge in [0, 0.05) is 16.6 Å². The van der Waals surface area contributed by atoms with Crippen LogP contribution in [-0.4, -0.2) is 13.4 Å². The Kier molecular flexibility index (Phi) is 3.95. The third-order valence-electron chi connectivity index (χ3n) is 2.96. The third-order valence-corrected chi connectivity index (χ3v) is 4.91. The van der Waals surface area contributed by atoms with Gasteiger partial charge in [-0.2, -0.15) is 8.42 Å². The first-order valence-electron chi connectivity index (χ1n) is 6.21. The van der Waals surface area contributed by atoms with Gasteiger partial charge in [0.2, 0.25) is 0 Å². The van der Waals surface area contributed by atoms with E-state index in [0.717, 1.165) is 5.39 Å². The van der Waals surface area contributed by atoms with Crippen LogP contribution in [0, 0.1) is 0 Å². The van der Waals surface area contributed by atoms with E-state index in [4.69, 9.17) is 27.4 Å². The van der Waals surface area contributed by atoms with Crippen LogP contribution in [0.15, 0.2) is 59.6 Å². The first-order valence-corrected chi connectivity index (χ1v) is 8.37. The SMILES string of the molecule is O=S(=O)(Oc1cccc2cccnc12)c1ccc(Cl)cc1Cl. The molecule has 22 heavy (non-hydrogen) atoms. The van der Waals surface area contributed by atoms with Crippen molar-refractivity contribution in [3.63, 3.8) is 0 Å². The quantitative estimate of drug-likeness (QED) is 0.658. The Morgan fingerprint density at radius 1 is 1.00 bits per heavy atom. The predicted molar refractivity (Wildman–Crippen MR) is 86.0 cm³/mol. The van der Waals surface area contributed by atoms with Gasteiger partial charge in [-0.05, 0) is 30.3 Å². The molecule has 0 saturated heterocycles. The van der Waals surface area contributed by atoms with Gasteiger partial charge in [0.25, 0.3) is 0 Å². The zero-order chi connectivity index (χ0) is 15.7. The van der Waals surface area contributed by atoms with Gasteiger partial charge >= 0.3 is 10.1 Å². The average Bonchev–Trinajstić information content (AvgIpc) is 2.47. The molecule has 0 aliphatic heterocycles. The van der Waals surface area contributed by atoms with E-state index >= 15 is 0 Å². The van der Waals surface area contributed by atoms with Crippen molar-refractivity contribution in [2.75, 3.05) is 0 Å². The second kappa shape index (κ2) is 5.76. The molecular formula is C15H9Cl2NO3S. The Balaban J connectivity index is 2.07. The second-order valence-electron chi connectivity index (χ2n) is 4.44. The fourth-order valence-corrected chi connectivity index (χ4v) is 3.67. The van der Waals surface area contributed by atoms with Crippen LogP contribution in [0.25, 0.3) is 10.9 Å². The molecule has 0 atom stereocenters. The largest absolute Gasteiger partial charge is 0.377 e. The molecule has 3 aromatic rings. The number of halogens is 2. The lowest BCUT2D eigenvalue weighted by Crippen LogP contribution is -2.10. The molecule has 1 heterocycles. The molecule has 1 aromatic heterocycles. The maximum atomic E-state index is 12.4. The average molecular weight is 354 g/mol. The van der Waals surface area contributed by atoms with Crippen molar-refractivity contribution in [2.24, 2.45) is 0 Å². The predicted octanol–water partition coefficient (Wildman–Crippen LogP) is 4.31. The molecule has 3 rings (SSSR count). The summed E-state index contributed by atoms with van der Waals surface area (Å²) < 4.78 is 30.0. The van der Waals surface area contributed by atoms with Crippen molar-refractivity contribution in [1.29, 1.82) is 0 Å². The fraction of sp³-hybridized carbons (Fsp3) is 0. The summed E-state index contributed by atoms with van der Waals surface area (Å²) >= 11 is 11.7. The maximum absolute atomic E-state index is 12.4. The number of hydrogen-bond donors (Lipinski definition) is 0. The maximum Gasteiger partial charge on any atom is 0.340 e. The fourth-order valence-electron chi connectivity index (χ4n) is 1.98. The number of aromatic nitrogens is 1. The summed E-state index contributed by atoms with van der Waals surface area (Å²) in [6.07, 6.45) is 1.57. The summed E-state index contributed by atoms with van der Waals surface area (Å²) in [5.41, 5.74) is 0.457. The molecular weight excluding hydrogens is 345 g/mol. The van der Waals surface area contributed by atoms with Gasteiger partial charge < -0.3 is 4.18 Å². The van der Waals surface area contributed by atoms with E-state index in [1.54, 1.807) is 18.3 Å². The highest BCUT2D eigenvalue weighted by Gasteiger charge is 2.21.